The third-order valence-electron chi connectivity index (χ3n) is 5.65. The first-order valence-electron chi connectivity index (χ1n) is 10.2. The molecule has 2 N–H and O–H groups in total. The molecular weight excluding hydrogens is 316 g/mol. The smallest absolute Gasteiger partial charge is 0.236 e. The van der Waals surface area contributed by atoms with Crippen molar-refractivity contribution in [2.75, 3.05) is 0 Å². The van der Waals surface area contributed by atoms with Gasteiger partial charge in [0.05, 0.1) is 0 Å². The highest BCUT2D eigenvalue weighted by Gasteiger charge is 2.70. The van der Waals surface area contributed by atoms with E-state index in [-0.39, 0.29) is 17.9 Å². The summed E-state index contributed by atoms with van der Waals surface area (Å²) in [6.07, 6.45) is 10.2. The van der Waals surface area contributed by atoms with E-state index in [0.717, 1.165) is 38.5 Å². The van der Waals surface area contributed by atoms with Crippen molar-refractivity contribution >= 4 is 17.5 Å². The van der Waals surface area contributed by atoms with Crippen molar-refractivity contribution in [3.05, 3.63) is 0 Å². The normalized spacial score (nSPS) is 21.1. The molecule has 142 valence electrons. The molecule has 2 rings (SSSR count). The number of unbranched alkanes of at least 4 members (excludes halogenated alkanes) is 4. The average molecular weight is 351 g/mol. The van der Waals surface area contributed by atoms with Crippen molar-refractivity contribution in [1.29, 1.82) is 0 Å². The van der Waals surface area contributed by atoms with E-state index in [2.05, 4.69) is 17.6 Å². The molecule has 2 unspecified atom stereocenters. The first-order valence-corrected chi connectivity index (χ1v) is 10.2. The SMILES string of the molecule is CCCCCCCC(CC)C(=O)NC1(C(CC)NC2CC2)C(=O)C1=O. The molecule has 2 fully saturated rings. The van der Waals surface area contributed by atoms with Crippen LogP contribution in [-0.4, -0.2) is 35.1 Å². The van der Waals surface area contributed by atoms with Gasteiger partial charge in [-0.2, -0.15) is 0 Å². The van der Waals surface area contributed by atoms with Crippen LogP contribution in [0.5, 0.6) is 0 Å². The lowest BCUT2D eigenvalue weighted by molar-refractivity contribution is -0.128. The third-order valence-corrected chi connectivity index (χ3v) is 5.65. The Kier molecular flexibility index (Phi) is 7.17. The molecule has 0 saturated heterocycles. The van der Waals surface area contributed by atoms with Crippen LogP contribution in [0.4, 0.5) is 0 Å². The number of amides is 1. The van der Waals surface area contributed by atoms with Crippen LogP contribution in [-0.2, 0) is 14.4 Å². The molecule has 0 aromatic rings. The summed E-state index contributed by atoms with van der Waals surface area (Å²) in [5.74, 6) is -1.11. The van der Waals surface area contributed by atoms with E-state index >= 15 is 0 Å². The Hall–Kier alpha value is -1.23. The molecular formula is C20H34N2O3. The Balaban J connectivity index is 1.92. The Morgan fingerprint density at radius 2 is 1.68 bits per heavy atom. The zero-order chi connectivity index (χ0) is 18.4. The quantitative estimate of drug-likeness (QED) is 0.304. The molecule has 1 amide bonds. The maximum absolute atomic E-state index is 12.7. The monoisotopic (exact) mass is 350 g/mol. The van der Waals surface area contributed by atoms with Gasteiger partial charge in [-0.1, -0.05) is 52.9 Å². The summed E-state index contributed by atoms with van der Waals surface area (Å²) in [7, 11) is 0. The van der Waals surface area contributed by atoms with Crippen LogP contribution >= 0.6 is 0 Å². The van der Waals surface area contributed by atoms with Crippen LogP contribution in [0, 0.1) is 5.92 Å². The van der Waals surface area contributed by atoms with Gasteiger partial charge in [-0.15, -0.1) is 0 Å². The zero-order valence-corrected chi connectivity index (χ0v) is 16.0. The summed E-state index contributed by atoms with van der Waals surface area (Å²) in [5, 5.41) is 6.23. The predicted molar refractivity (Wildman–Crippen MR) is 98.3 cm³/mol. The number of hydrogen-bond acceptors (Lipinski definition) is 4. The van der Waals surface area contributed by atoms with Crippen LogP contribution in [0.3, 0.4) is 0 Å². The number of carbonyl (C=O) groups is 3. The van der Waals surface area contributed by atoms with Crippen LogP contribution < -0.4 is 10.6 Å². The van der Waals surface area contributed by atoms with Crippen molar-refractivity contribution < 1.29 is 14.4 Å². The zero-order valence-electron chi connectivity index (χ0n) is 16.0. The second-order valence-electron chi connectivity index (χ2n) is 7.67. The van der Waals surface area contributed by atoms with Gasteiger partial charge in [0, 0.05) is 18.0 Å². The molecule has 2 aliphatic carbocycles. The number of hydrogen-bond donors (Lipinski definition) is 2. The maximum atomic E-state index is 12.7. The largest absolute Gasteiger partial charge is 0.335 e. The van der Waals surface area contributed by atoms with Gasteiger partial charge in [-0.05, 0) is 32.1 Å². The summed E-state index contributed by atoms with van der Waals surface area (Å²) in [6.45, 7) is 6.14. The van der Waals surface area contributed by atoms with E-state index in [1.54, 1.807) is 0 Å². The fourth-order valence-electron chi connectivity index (χ4n) is 3.66. The number of ketones is 2. The van der Waals surface area contributed by atoms with Gasteiger partial charge in [-0.25, -0.2) is 0 Å². The lowest BCUT2D eigenvalue weighted by Gasteiger charge is -2.26. The Labute approximate surface area is 151 Å². The first-order chi connectivity index (χ1) is 12.0. The summed E-state index contributed by atoms with van der Waals surface area (Å²) < 4.78 is 0. The highest BCUT2D eigenvalue weighted by atomic mass is 16.2. The molecule has 2 saturated carbocycles. The van der Waals surface area contributed by atoms with Gasteiger partial charge in [0.25, 0.3) is 0 Å². The summed E-state index contributed by atoms with van der Waals surface area (Å²) in [5.41, 5.74) is -1.29. The Morgan fingerprint density at radius 1 is 1.04 bits per heavy atom. The van der Waals surface area contributed by atoms with Crippen molar-refractivity contribution in [1.82, 2.24) is 10.6 Å². The second kappa shape index (κ2) is 8.93. The molecule has 0 aromatic heterocycles. The number of nitrogens with one attached hydrogen (secondary N) is 2. The highest BCUT2D eigenvalue weighted by molar-refractivity contribution is 6.67. The van der Waals surface area contributed by atoms with E-state index in [0.29, 0.717) is 12.5 Å². The van der Waals surface area contributed by atoms with E-state index in [4.69, 9.17) is 0 Å². The standard InChI is InChI=1S/C20H34N2O3/c1-4-7-8-9-10-11-14(5-2)19(25)22-20(17(23)18(20)24)16(6-3)21-15-12-13-15/h14-16,21H,4-13H2,1-3H3,(H,22,25). The van der Waals surface area contributed by atoms with Crippen LogP contribution in [0.25, 0.3) is 0 Å². The average Bonchev–Trinajstić information content (AvgIpc) is 3.51. The van der Waals surface area contributed by atoms with E-state index in [1.807, 2.05) is 13.8 Å². The van der Waals surface area contributed by atoms with Crippen LogP contribution in [0.1, 0.15) is 85.0 Å². The van der Waals surface area contributed by atoms with Crippen LogP contribution in [0.2, 0.25) is 0 Å². The minimum absolute atomic E-state index is 0.113. The lowest BCUT2D eigenvalue weighted by Crippen LogP contribution is -2.56. The van der Waals surface area contributed by atoms with E-state index < -0.39 is 17.1 Å². The fourth-order valence-corrected chi connectivity index (χ4v) is 3.66. The lowest BCUT2D eigenvalue weighted by atomic mass is 9.95. The molecule has 5 heteroatoms. The molecule has 0 bridgehead atoms. The molecule has 2 atom stereocenters. The summed E-state index contributed by atoms with van der Waals surface area (Å²) >= 11 is 0. The molecule has 0 radical (unpaired) electrons. The molecule has 0 spiro atoms. The van der Waals surface area contributed by atoms with Crippen LogP contribution in [0.15, 0.2) is 0 Å². The summed E-state index contributed by atoms with van der Waals surface area (Å²) in [6, 6.07) is 0.117. The van der Waals surface area contributed by atoms with Gasteiger partial charge in [0.2, 0.25) is 17.5 Å². The minimum atomic E-state index is -1.29. The summed E-state index contributed by atoms with van der Waals surface area (Å²) in [4.78, 5) is 37.0. The van der Waals surface area contributed by atoms with Gasteiger partial charge in [0.15, 0.2) is 5.54 Å². The van der Waals surface area contributed by atoms with Crippen molar-refractivity contribution in [2.45, 2.75) is 103 Å². The Morgan fingerprint density at radius 3 is 2.16 bits per heavy atom. The maximum Gasteiger partial charge on any atom is 0.236 e. The van der Waals surface area contributed by atoms with Gasteiger partial charge >= 0.3 is 0 Å². The third kappa shape index (κ3) is 4.69. The van der Waals surface area contributed by atoms with Crippen molar-refractivity contribution in [3.63, 3.8) is 0 Å². The molecule has 0 heterocycles. The molecule has 5 nitrogen and oxygen atoms in total. The predicted octanol–water partition coefficient (Wildman–Crippen LogP) is 2.91. The van der Waals surface area contributed by atoms with Gasteiger partial charge in [-0.3, -0.25) is 14.4 Å². The number of carbonyl (C=O) groups excluding carboxylic acids is 3. The first kappa shape index (κ1) is 20.1. The highest BCUT2D eigenvalue weighted by Crippen LogP contribution is 2.34. The molecule has 0 aromatic carbocycles. The fraction of sp³-hybridized carbons (Fsp3) is 0.850. The van der Waals surface area contributed by atoms with Gasteiger partial charge in [0.1, 0.15) is 0 Å². The van der Waals surface area contributed by atoms with E-state index in [1.165, 1.54) is 19.3 Å². The molecule has 0 aliphatic heterocycles. The van der Waals surface area contributed by atoms with Crippen molar-refractivity contribution in [2.24, 2.45) is 5.92 Å². The second-order valence-corrected chi connectivity index (χ2v) is 7.67. The Bertz CT molecular complexity index is 485. The minimum Gasteiger partial charge on any atom is -0.335 e. The molecule has 2 aliphatic rings. The topological polar surface area (TPSA) is 75.3 Å². The van der Waals surface area contributed by atoms with E-state index in [9.17, 15) is 14.4 Å². The number of Topliss-reactive ketones (excluding diaryl/α,β-unsaturated/α-hetero) is 2. The van der Waals surface area contributed by atoms with Crippen molar-refractivity contribution in [3.8, 4) is 0 Å². The van der Waals surface area contributed by atoms with Gasteiger partial charge < -0.3 is 10.6 Å². The molecule has 25 heavy (non-hydrogen) atoms. The number of rotatable bonds is 13.